The molecule has 0 unspecified atom stereocenters. The second kappa shape index (κ2) is 7.44. The first kappa shape index (κ1) is 18.8. The molecular weight excluding hydrogens is 340 g/mol. The Morgan fingerprint density at radius 3 is 3.04 bits per heavy atom. The average Bonchev–Trinajstić information content (AvgIpc) is 3.30. The number of aryl methyl sites for hydroxylation is 1. The van der Waals surface area contributed by atoms with E-state index in [4.69, 9.17) is 9.47 Å². The van der Waals surface area contributed by atoms with Crippen molar-refractivity contribution in [3.05, 3.63) is 29.3 Å². The van der Waals surface area contributed by atoms with Crippen LogP contribution in [0, 0.1) is 18.8 Å². The minimum atomic E-state index is 0.0190. The molecular formula is C22H32N2O3. The normalized spacial score (nSPS) is 31.9. The lowest BCUT2D eigenvalue weighted by Gasteiger charge is -2.29. The Morgan fingerprint density at radius 1 is 1.44 bits per heavy atom. The van der Waals surface area contributed by atoms with E-state index in [9.17, 15) is 4.79 Å². The van der Waals surface area contributed by atoms with Gasteiger partial charge in [0, 0.05) is 44.4 Å². The van der Waals surface area contributed by atoms with Gasteiger partial charge in [-0.1, -0.05) is 13.0 Å². The predicted molar refractivity (Wildman–Crippen MR) is 105 cm³/mol. The highest BCUT2D eigenvalue weighted by Crippen LogP contribution is 2.54. The van der Waals surface area contributed by atoms with Gasteiger partial charge in [-0.05, 0) is 49.4 Å². The van der Waals surface area contributed by atoms with Crippen molar-refractivity contribution in [3.8, 4) is 5.75 Å². The molecule has 3 heterocycles. The lowest BCUT2D eigenvalue weighted by molar-refractivity contribution is -0.121. The number of fused-ring (bicyclic) bond motifs is 1. The number of hydrogen-bond donors (Lipinski definition) is 1. The van der Waals surface area contributed by atoms with Crippen molar-refractivity contribution in [1.82, 2.24) is 10.2 Å². The number of hydrogen-bond acceptors (Lipinski definition) is 4. The van der Waals surface area contributed by atoms with Crippen LogP contribution in [0.4, 0.5) is 0 Å². The van der Waals surface area contributed by atoms with Crippen molar-refractivity contribution < 1.29 is 14.3 Å². The summed E-state index contributed by atoms with van der Waals surface area (Å²) in [6.07, 6.45) is 4.16. The van der Waals surface area contributed by atoms with Crippen LogP contribution in [0.25, 0.3) is 0 Å². The Labute approximate surface area is 162 Å². The van der Waals surface area contributed by atoms with E-state index >= 15 is 0 Å². The molecule has 4 atom stereocenters. The van der Waals surface area contributed by atoms with Gasteiger partial charge >= 0.3 is 0 Å². The quantitative estimate of drug-likeness (QED) is 0.800. The van der Waals surface area contributed by atoms with Gasteiger partial charge in [0.25, 0.3) is 0 Å². The van der Waals surface area contributed by atoms with Crippen molar-refractivity contribution >= 4 is 5.91 Å². The fourth-order valence-electron chi connectivity index (χ4n) is 5.44. The molecule has 3 fully saturated rings. The van der Waals surface area contributed by atoms with Gasteiger partial charge in [-0.25, -0.2) is 0 Å². The summed E-state index contributed by atoms with van der Waals surface area (Å²) in [7, 11) is 1.71. The largest absolute Gasteiger partial charge is 0.497 e. The van der Waals surface area contributed by atoms with Crippen molar-refractivity contribution in [2.45, 2.75) is 57.8 Å². The second-order valence-electron chi connectivity index (χ2n) is 8.55. The van der Waals surface area contributed by atoms with Crippen LogP contribution in [-0.4, -0.2) is 49.3 Å². The molecule has 27 heavy (non-hydrogen) atoms. The molecule has 1 aromatic carbocycles. The summed E-state index contributed by atoms with van der Waals surface area (Å²) in [5.41, 5.74) is 2.65. The molecule has 5 nitrogen and oxygen atoms in total. The maximum atomic E-state index is 11.9. The number of ether oxygens (including phenoxy) is 2. The molecule has 0 aliphatic carbocycles. The van der Waals surface area contributed by atoms with Gasteiger partial charge in [0.2, 0.25) is 5.91 Å². The molecule has 5 heteroatoms. The van der Waals surface area contributed by atoms with Gasteiger partial charge in [-0.2, -0.15) is 0 Å². The molecule has 0 aromatic heterocycles. The lowest BCUT2D eigenvalue weighted by Crippen LogP contribution is -2.41. The number of carbonyl (C=O) groups is 1. The molecule has 148 valence electrons. The Morgan fingerprint density at radius 2 is 2.30 bits per heavy atom. The minimum absolute atomic E-state index is 0.0190. The fourth-order valence-corrected chi connectivity index (χ4v) is 5.44. The second-order valence-corrected chi connectivity index (χ2v) is 8.55. The molecule has 3 saturated heterocycles. The maximum absolute atomic E-state index is 11.9. The van der Waals surface area contributed by atoms with E-state index in [2.05, 4.69) is 29.3 Å². The van der Waals surface area contributed by atoms with E-state index in [1.54, 1.807) is 7.11 Å². The average molecular weight is 373 g/mol. The molecule has 3 aliphatic heterocycles. The van der Waals surface area contributed by atoms with Gasteiger partial charge < -0.3 is 14.8 Å². The van der Waals surface area contributed by atoms with Gasteiger partial charge in [0.15, 0.2) is 0 Å². The standard InChI is InChI=1S/C22H32N2O3/c1-4-5-21(25)23-11-18-19-13-24(14-22(19)9-8-20(18)27-22)12-16-6-7-17(26-3)10-15(16)2/h6-7,10,18-20H,4-5,8-9,11-14H2,1-3H3,(H,23,25)/t18-,19+,20+,22+/m0/s1. The molecule has 4 rings (SSSR count). The zero-order valence-corrected chi connectivity index (χ0v) is 16.8. The van der Waals surface area contributed by atoms with E-state index in [1.807, 2.05) is 13.0 Å². The van der Waals surface area contributed by atoms with Crippen LogP contribution >= 0.6 is 0 Å². The molecule has 1 aromatic rings. The summed E-state index contributed by atoms with van der Waals surface area (Å²) in [5.74, 6) is 2.09. The Balaban J connectivity index is 1.41. The smallest absolute Gasteiger partial charge is 0.219 e. The van der Waals surface area contributed by atoms with Crippen LogP contribution in [-0.2, 0) is 16.1 Å². The topological polar surface area (TPSA) is 50.8 Å². The number of carbonyl (C=O) groups excluding carboxylic acids is 1. The molecule has 0 radical (unpaired) electrons. The molecule has 3 aliphatic rings. The third-order valence-corrected chi connectivity index (χ3v) is 6.81. The summed E-state index contributed by atoms with van der Waals surface area (Å²) in [6, 6.07) is 6.34. The molecule has 1 amide bonds. The van der Waals surface area contributed by atoms with Gasteiger partial charge in [-0.3, -0.25) is 9.69 Å². The van der Waals surface area contributed by atoms with Crippen LogP contribution in [0.15, 0.2) is 18.2 Å². The Hall–Kier alpha value is -1.59. The highest BCUT2D eigenvalue weighted by molar-refractivity contribution is 5.75. The van der Waals surface area contributed by atoms with E-state index in [0.29, 0.717) is 24.4 Å². The van der Waals surface area contributed by atoms with E-state index in [-0.39, 0.29) is 11.5 Å². The van der Waals surface area contributed by atoms with Crippen LogP contribution < -0.4 is 10.1 Å². The highest BCUT2D eigenvalue weighted by Gasteiger charge is 2.62. The van der Waals surface area contributed by atoms with Crippen molar-refractivity contribution in [2.75, 3.05) is 26.7 Å². The Bertz CT molecular complexity index is 707. The molecule has 1 N–H and O–H groups in total. The van der Waals surface area contributed by atoms with Gasteiger partial charge in [0.1, 0.15) is 5.75 Å². The van der Waals surface area contributed by atoms with Crippen LogP contribution in [0.1, 0.15) is 43.7 Å². The number of methoxy groups -OCH3 is 1. The van der Waals surface area contributed by atoms with Crippen LogP contribution in [0.3, 0.4) is 0 Å². The minimum Gasteiger partial charge on any atom is -0.497 e. The first-order chi connectivity index (χ1) is 13.0. The first-order valence-corrected chi connectivity index (χ1v) is 10.3. The fraction of sp³-hybridized carbons (Fsp3) is 0.682. The highest BCUT2D eigenvalue weighted by atomic mass is 16.5. The number of amides is 1. The zero-order chi connectivity index (χ0) is 19.0. The lowest BCUT2D eigenvalue weighted by atomic mass is 9.73. The number of nitrogens with zero attached hydrogens (tertiary/aromatic N) is 1. The number of rotatable bonds is 7. The van der Waals surface area contributed by atoms with Crippen LogP contribution in [0.5, 0.6) is 5.75 Å². The molecule has 0 saturated carbocycles. The first-order valence-electron chi connectivity index (χ1n) is 10.3. The summed E-state index contributed by atoms with van der Waals surface area (Å²) < 4.78 is 11.8. The third-order valence-electron chi connectivity index (χ3n) is 6.81. The third kappa shape index (κ3) is 3.47. The van der Waals surface area contributed by atoms with Crippen molar-refractivity contribution in [2.24, 2.45) is 11.8 Å². The van der Waals surface area contributed by atoms with Gasteiger partial charge in [0.05, 0.1) is 18.8 Å². The van der Waals surface area contributed by atoms with E-state index in [0.717, 1.165) is 44.8 Å². The monoisotopic (exact) mass is 372 g/mol. The SMILES string of the molecule is CCCC(=O)NC[C@H]1[C@H]2CN(Cc3ccc(OC)cc3C)C[C@]23CC[C@H]1O3. The molecule has 2 bridgehead atoms. The maximum Gasteiger partial charge on any atom is 0.219 e. The van der Waals surface area contributed by atoms with Crippen molar-refractivity contribution in [3.63, 3.8) is 0 Å². The zero-order valence-electron chi connectivity index (χ0n) is 16.8. The van der Waals surface area contributed by atoms with E-state index in [1.165, 1.54) is 17.5 Å². The Kier molecular flexibility index (Phi) is 5.17. The van der Waals surface area contributed by atoms with Crippen molar-refractivity contribution in [1.29, 1.82) is 0 Å². The van der Waals surface area contributed by atoms with Gasteiger partial charge in [-0.15, -0.1) is 0 Å². The summed E-state index contributed by atoms with van der Waals surface area (Å²) in [6.45, 7) is 8.00. The number of nitrogens with one attached hydrogen (secondary N) is 1. The number of likely N-dealkylation sites (tertiary alicyclic amines) is 1. The van der Waals surface area contributed by atoms with E-state index < -0.39 is 0 Å². The summed E-state index contributed by atoms with van der Waals surface area (Å²) >= 11 is 0. The summed E-state index contributed by atoms with van der Waals surface area (Å²) in [4.78, 5) is 14.5. The number of benzene rings is 1. The predicted octanol–water partition coefficient (Wildman–Crippen LogP) is 2.90. The summed E-state index contributed by atoms with van der Waals surface area (Å²) in [5, 5.41) is 3.15. The molecule has 1 spiro atoms. The van der Waals surface area contributed by atoms with Crippen LogP contribution in [0.2, 0.25) is 0 Å².